The maximum absolute atomic E-state index is 6.53. The number of anilines is 3. The molecular formula is C46H30N2O. The summed E-state index contributed by atoms with van der Waals surface area (Å²) in [5.41, 5.74) is 10.9. The quantitative estimate of drug-likeness (QED) is 0.190. The van der Waals surface area contributed by atoms with Crippen LogP contribution in [0.15, 0.2) is 186 Å². The summed E-state index contributed by atoms with van der Waals surface area (Å²) in [6.45, 7) is 0. The van der Waals surface area contributed by atoms with Crippen LogP contribution in [0.1, 0.15) is 0 Å². The second-order valence-corrected chi connectivity index (χ2v) is 12.6. The van der Waals surface area contributed by atoms with Gasteiger partial charge >= 0.3 is 0 Å². The summed E-state index contributed by atoms with van der Waals surface area (Å²) in [5, 5.41) is 7.15. The first kappa shape index (κ1) is 27.5. The van der Waals surface area contributed by atoms with Crippen molar-refractivity contribution in [1.29, 1.82) is 0 Å². The molecule has 230 valence electrons. The molecule has 0 saturated heterocycles. The molecule has 0 aliphatic heterocycles. The first-order valence-electron chi connectivity index (χ1n) is 16.7. The van der Waals surface area contributed by atoms with E-state index in [2.05, 4.69) is 191 Å². The van der Waals surface area contributed by atoms with E-state index in [0.29, 0.717) is 0 Å². The van der Waals surface area contributed by atoms with Gasteiger partial charge in [0.1, 0.15) is 11.2 Å². The summed E-state index contributed by atoms with van der Waals surface area (Å²) in [4.78, 5) is 2.30. The molecule has 0 aliphatic carbocycles. The molecule has 10 rings (SSSR count). The highest BCUT2D eigenvalue weighted by Crippen LogP contribution is 2.41. The molecule has 0 N–H and O–H groups in total. The number of rotatable bonds is 5. The molecule has 8 aromatic carbocycles. The van der Waals surface area contributed by atoms with Crippen LogP contribution in [0, 0.1) is 0 Å². The predicted octanol–water partition coefficient (Wildman–Crippen LogP) is 13.0. The van der Waals surface area contributed by atoms with Gasteiger partial charge in [0, 0.05) is 50.4 Å². The Balaban J connectivity index is 1.09. The Hall–Kier alpha value is -6.58. The molecule has 3 nitrogen and oxygen atoms in total. The smallest absolute Gasteiger partial charge is 0.137 e. The fraction of sp³-hybridized carbons (Fsp3) is 0. The number of hydrogen-bond acceptors (Lipinski definition) is 2. The van der Waals surface area contributed by atoms with Gasteiger partial charge in [-0.15, -0.1) is 0 Å². The van der Waals surface area contributed by atoms with Gasteiger partial charge in [-0.05, 0) is 101 Å². The average molecular weight is 627 g/mol. The van der Waals surface area contributed by atoms with Crippen molar-refractivity contribution in [3.63, 3.8) is 0 Å². The highest BCUT2D eigenvalue weighted by molar-refractivity contribution is 6.11. The molecule has 10 aromatic rings. The molecular weight excluding hydrogens is 597 g/mol. The maximum Gasteiger partial charge on any atom is 0.137 e. The van der Waals surface area contributed by atoms with E-state index >= 15 is 0 Å². The van der Waals surface area contributed by atoms with Crippen LogP contribution in [0.25, 0.3) is 71.3 Å². The van der Waals surface area contributed by atoms with Crippen molar-refractivity contribution < 1.29 is 4.42 Å². The second kappa shape index (κ2) is 11.0. The van der Waals surface area contributed by atoms with Crippen LogP contribution in [0.2, 0.25) is 0 Å². The molecule has 3 heteroatoms. The minimum absolute atomic E-state index is 0.868. The van der Waals surface area contributed by atoms with Gasteiger partial charge in [-0.1, -0.05) is 97.1 Å². The van der Waals surface area contributed by atoms with Crippen molar-refractivity contribution in [3.8, 4) is 16.8 Å². The van der Waals surface area contributed by atoms with E-state index in [1.165, 1.54) is 49.4 Å². The van der Waals surface area contributed by atoms with Gasteiger partial charge < -0.3 is 13.9 Å². The minimum Gasteiger partial charge on any atom is -0.456 e. The zero-order valence-corrected chi connectivity index (χ0v) is 26.6. The van der Waals surface area contributed by atoms with Crippen molar-refractivity contribution in [2.24, 2.45) is 0 Å². The fourth-order valence-corrected chi connectivity index (χ4v) is 7.43. The SMILES string of the molecule is c1ccc(N(c2ccc3ccccc3c2)c2ccc3c(c2)oc2ccc(-c4ccc5c(c4)c4ccccc4n5-c4ccccc4)cc23)cc1. The lowest BCUT2D eigenvalue weighted by Crippen LogP contribution is -2.09. The zero-order valence-electron chi connectivity index (χ0n) is 26.6. The molecule has 0 atom stereocenters. The van der Waals surface area contributed by atoms with Crippen LogP contribution in [-0.4, -0.2) is 4.57 Å². The van der Waals surface area contributed by atoms with Crippen molar-refractivity contribution >= 4 is 71.6 Å². The maximum atomic E-state index is 6.53. The van der Waals surface area contributed by atoms with E-state index in [1.807, 2.05) is 0 Å². The normalized spacial score (nSPS) is 11.7. The zero-order chi connectivity index (χ0) is 32.3. The van der Waals surface area contributed by atoms with Crippen LogP contribution in [0.4, 0.5) is 17.1 Å². The van der Waals surface area contributed by atoms with Gasteiger partial charge in [0.05, 0.1) is 11.0 Å². The number of aromatic nitrogens is 1. The Bertz CT molecular complexity index is 2830. The third-order valence-electron chi connectivity index (χ3n) is 9.74. The summed E-state index contributed by atoms with van der Waals surface area (Å²) in [6, 6.07) is 64.9. The minimum atomic E-state index is 0.868. The van der Waals surface area contributed by atoms with Crippen LogP contribution >= 0.6 is 0 Å². The van der Waals surface area contributed by atoms with Crippen LogP contribution < -0.4 is 4.90 Å². The fourth-order valence-electron chi connectivity index (χ4n) is 7.43. The summed E-state index contributed by atoms with van der Waals surface area (Å²) in [6.07, 6.45) is 0. The standard InChI is InChI=1S/C46H30N2O/c1-3-13-35(14-4-1)47(37-22-19-31-11-7-8-12-32(31)27-37)38-23-24-40-42-29-34(21-26-45(42)49-46(40)30-38)33-20-25-44-41(28-33)39-17-9-10-18-43(39)48(44)36-15-5-2-6-16-36/h1-30H. The van der Waals surface area contributed by atoms with E-state index in [9.17, 15) is 0 Å². The summed E-state index contributed by atoms with van der Waals surface area (Å²) >= 11 is 0. The molecule has 0 aliphatic rings. The lowest BCUT2D eigenvalue weighted by molar-refractivity contribution is 0.669. The monoisotopic (exact) mass is 626 g/mol. The topological polar surface area (TPSA) is 21.3 Å². The van der Waals surface area contributed by atoms with E-state index in [0.717, 1.165) is 39.0 Å². The highest BCUT2D eigenvalue weighted by Gasteiger charge is 2.17. The highest BCUT2D eigenvalue weighted by atomic mass is 16.3. The van der Waals surface area contributed by atoms with Crippen LogP contribution in [0.5, 0.6) is 0 Å². The van der Waals surface area contributed by atoms with Crippen LogP contribution in [0.3, 0.4) is 0 Å². The molecule has 2 aromatic heterocycles. The van der Waals surface area contributed by atoms with Gasteiger partial charge in [-0.25, -0.2) is 0 Å². The van der Waals surface area contributed by atoms with Gasteiger partial charge in [-0.3, -0.25) is 0 Å². The van der Waals surface area contributed by atoms with Crippen molar-refractivity contribution in [2.45, 2.75) is 0 Å². The van der Waals surface area contributed by atoms with E-state index in [4.69, 9.17) is 4.42 Å². The van der Waals surface area contributed by atoms with Gasteiger partial charge in [-0.2, -0.15) is 0 Å². The Morgan fingerprint density at radius 2 is 1.02 bits per heavy atom. The third kappa shape index (κ3) is 4.51. The number of nitrogens with zero attached hydrogens (tertiary/aromatic N) is 2. The Morgan fingerprint density at radius 3 is 1.88 bits per heavy atom. The number of fused-ring (bicyclic) bond motifs is 7. The first-order chi connectivity index (χ1) is 24.3. The summed E-state index contributed by atoms with van der Waals surface area (Å²) in [5.74, 6) is 0. The Kier molecular flexibility index (Phi) is 6.18. The summed E-state index contributed by atoms with van der Waals surface area (Å²) in [7, 11) is 0. The van der Waals surface area contributed by atoms with Gasteiger partial charge in [0.25, 0.3) is 0 Å². The predicted molar refractivity (Wildman–Crippen MR) is 206 cm³/mol. The van der Waals surface area contributed by atoms with Crippen LogP contribution in [-0.2, 0) is 0 Å². The number of hydrogen-bond donors (Lipinski definition) is 0. The van der Waals surface area contributed by atoms with Crippen molar-refractivity contribution in [1.82, 2.24) is 4.57 Å². The van der Waals surface area contributed by atoms with E-state index < -0.39 is 0 Å². The first-order valence-corrected chi connectivity index (χ1v) is 16.7. The van der Waals surface area contributed by atoms with Crippen molar-refractivity contribution in [2.75, 3.05) is 4.90 Å². The summed E-state index contributed by atoms with van der Waals surface area (Å²) < 4.78 is 8.88. The molecule has 0 saturated carbocycles. The number of benzene rings is 8. The Morgan fingerprint density at radius 1 is 0.367 bits per heavy atom. The average Bonchev–Trinajstić information content (AvgIpc) is 3.70. The van der Waals surface area contributed by atoms with Gasteiger partial charge in [0.15, 0.2) is 0 Å². The molecule has 0 unspecified atom stereocenters. The number of furan rings is 1. The Labute approximate surface area is 283 Å². The molecule has 2 heterocycles. The molecule has 0 radical (unpaired) electrons. The van der Waals surface area contributed by atoms with E-state index in [-0.39, 0.29) is 0 Å². The lowest BCUT2D eigenvalue weighted by Gasteiger charge is -2.25. The molecule has 0 fully saturated rings. The third-order valence-corrected chi connectivity index (χ3v) is 9.74. The molecule has 0 spiro atoms. The number of para-hydroxylation sites is 3. The second-order valence-electron chi connectivity index (χ2n) is 12.6. The van der Waals surface area contributed by atoms with E-state index in [1.54, 1.807) is 0 Å². The van der Waals surface area contributed by atoms with Crippen molar-refractivity contribution in [3.05, 3.63) is 182 Å². The largest absolute Gasteiger partial charge is 0.456 e. The lowest BCUT2D eigenvalue weighted by atomic mass is 10.0. The molecule has 49 heavy (non-hydrogen) atoms. The van der Waals surface area contributed by atoms with Gasteiger partial charge in [0.2, 0.25) is 0 Å². The molecule has 0 bridgehead atoms. The molecule has 0 amide bonds.